The highest BCUT2D eigenvalue weighted by Gasteiger charge is 2.31. The fraction of sp³-hybridized carbons (Fsp3) is 1.00. The van der Waals surface area contributed by atoms with Crippen LogP contribution >= 0.6 is 0 Å². The van der Waals surface area contributed by atoms with E-state index in [1.54, 1.807) is 0 Å². The third-order valence-corrected chi connectivity index (χ3v) is 3.22. The van der Waals surface area contributed by atoms with Crippen molar-refractivity contribution in [3.63, 3.8) is 0 Å². The van der Waals surface area contributed by atoms with Gasteiger partial charge in [-0.15, -0.1) is 0 Å². The first kappa shape index (κ1) is 11.3. The molecule has 0 aromatic rings. The van der Waals surface area contributed by atoms with Gasteiger partial charge in [-0.2, -0.15) is 0 Å². The van der Waals surface area contributed by atoms with Crippen LogP contribution in [0.4, 0.5) is 0 Å². The van der Waals surface area contributed by atoms with Gasteiger partial charge in [-0.1, -0.05) is 0 Å². The molecule has 2 aliphatic heterocycles. The molecule has 0 aromatic heterocycles. The van der Waals surface area contributed by atoms with Crippen molar-refractivity contribution in [3.05, 3.63) is 0 Å². The normalized spacial score (nSPS) is 37.0. The average Bonchev–Trinajstić information content (AvgIpc) is 2.67. The fourth-order valence-corrected chi connectivity index (χ4v) is 2.21. The summed E-state index contributed by atoms with van der Waals surface area (Å²) in [6, 6.07) is 0. The molecule has 0 spiro atoms. The number of ether oxygens (including phenoxy) is 2. The lowest BCUT2D eigenvalue weighted by Crippen LogP contribution is -2.43. The third kappa shape index (κ3) is 3.41. The molecule has 2 unspecified atom stereocenters. The van der Waals surface area contributed by atoms with E-state index in [4.69, 9.17) is 9.47 Å². The van der Waals surface area contributed by atoms with E-state index in [1.165, 1.54) is 12.8 Å². The Balaban J connectivity index is 1.61. The number of aliphatic hydroxyl groups is 1. The Hall–Kier alpha value is -0.160. The fourth-order valence-electron chi connectivity index (χ4n) is 2.21. The van der Waals surface area contributed by atoms with Gasteiger partial charge in [0.05, 0.1) is 13.2 Å². The van der Waals surface area contributed by atoms with E-state index in [2.05, 4.69) is 5.32 Å². The van der Waals surface area contributed by atoms with E-state index in [0.29, 0.717) is 25.7 Å². The lowest BCUT2D eigenvalue weighted by Gasteiger charge is -2.25. The van der Waals surface area contributed by atoms with Gasteiger partial charge in [-0.25, -0.2) is 0 Å². The molecule has 2 atom stereocenters. The summed E-state index contributed by atoms with van der Waals surface area (Å²) in [4.78, 5) is 0. The van der Waals surface area contributed by atoms with Crippen LogP contribution in [0, 0.1) is 5.92 Å². The first-order valence-corrected chi connectivity index (χ1v) is 5.87. The van der Waals surface area contributed by atoms with Crippen molar-refractivity contribution < 1.29 is 14.6 Å². The highest BCUT2D eigenvalue weighted by atomic mass is 16.5. The van der Waals surface area contributed by atoms with Crippen LogP contribution in [-0.2, 0) is 9.47 Å². The number of nitrogens with one attached hydrogen (secondary N) is 1. The van der Waals surface area contributed by atoms with Crippen LogP contribution in [0.3, 0.4) is 0 Å². The molecule has 15 heavy (non-hydrogen) atoms. The Morgan fingerprint density at radius 1 is 1.33 bits per heavy atom. The molecule has 0 saturated carbocycles. The lowest BCUT2D eigenvalue weighted by atomic mass is 10.0. The molecule has 2 rings (SSSR count). The van der Waals surface area contributed by atoms with Gasteiger partial charge in [-0.3, -0.25) is 0 Å². The zero-order valence-corrected chi connectivity index (χ0v) is 9.21. The minimum atomic E-state index is -0.629. The van der Waals surface area contributed by atoms with Gasteiger partial charge < -0.3 is 19.9 Å². The van der Waals surface area contributed by atoms with Crippen LogP contribution in [0.25, 0.3) is 0 Å². The summed E-state index contributed by atoms with van der Waals surface area (Å²) in [7, 11) is 0. The molecule has 2 aliphatic rings. The molecular weight excluding hydrogens is 194 g/mol. The molecule has 4 heteroatoms. The number of hydrogen-bond acceptors (Lipinski definition) is 4. The van der Waals surface area contributed by atoms with Gasteiger partial charge in [0.15, 0.2) is 0 Å². The summed E-state index contributed by atoms with van der Waals surface area (Å²) in [5.41, 5.74) is -0.629. The summed E-state index contributed by atoms with van der Waals surface area (Å²) in [6.07, 6.45) is 3.16. The van der Waals surface area contributed by atoms with E-state index < -0.39 is 5.60 Å². The summed E-state index contributed by atoms with van der Waals surface area (Å²) < 4.78 is 10.6. The molecule has 0 radical (unpaired) electrons. The molecule has 2 saturated heterocycles. The van der Waals surface area contributed by atoms with Crippen LogP contribution in [0.2, 0.25) is 0 Å². The topological polar surface area (TPSA) is 50.7 Å². The van der Waals surface area contributed by atoms with Crippen molar-refractivity contribution in [3.8, 4) is 0 Å². The van der Waals surface area contributed by atoms with E-state index in [-0.39, 0.29) is 0 Å². The van der Waals surface area contributed by atoms with Crippen LogP contribution in [-0.4, -0.2) is 50.2 Å². The maximum absolute atomic E-state index is 10.0. The van der Waals surface area contributed by atoms with E-state index >= 15 is 0 Å². The highest BCUT2D eigenvalue weighted by molar-refractivity contribution is 4.85. The van der Waals surface area contributed by atoms with Crippen molar-refractivity contribution in [1.82, 2.24) is 5.32 Å². The molecule has 0 amide bonds. The maximum atomic E-state index is 10.0. The largest absolute Gasteiger partial charge is 0.386 e. The zero-order valence-electron chi connectivity index (χ0n) is 9.21. The number of hydrogen-bond donors (Lipinski definition) is 2. The van der Waals surface area contributed by atoms with Gasteiger partial charge >= 0.3 is 0 Å². The summed E-state index contributed by atoms with van der Waals surface area (Å²) >= 11 is 0. The molecule has 0 bridgehead atoms. The third-order valence-electron chi connectivity index (χ3n) is 3.22. The minimum Gasteiger partial charge on any atom is -0.386 e. The van der Waals surface area contributed by atoms with Gasteiger partial charge in [0.1, 0.15) is 5.60 Å². The van der Waals surface area contributed by atoms with Gasteiger partial charge in [-0.05, 0) is 18.8 Å². The second kappa shape index (κ2) is 5.25. The maximum Gasteiger partial charge on any atom is 0.102 e. The Bertz CT molecular complexity index is 186. The van der Waals surface area contributed by atoms with Crippen molar-refractivity contribution in [2.24, 2.45) is 5.92 Å². The zero-order chi connectivity index (χ0) is 10.6. The molecule has 0 aromatic carbocycles. The predicted octanol–water partition coefficient (Wildman–Crippen LogP) is 0.154. The molecule has 2 heterocycles. The molecule has 88 valence electrons. The Morgan fingerprint density at radius 3 is 2.93 bits per heavy atom. The monoisotopic (exact) mass is 215 g/mol. The molecule has 4 nitrogen and oxygen atoms in total. The first-order chi connectivity index (χ1) is 7.29. The second-order valence-corrected chi connectivity index (χ2v) is 4.74. The molecular formula is C11H21NO3. The van der Waals surface area contributed by atoms with Crippen molar-refractivity contribution >= 4 is 0 Å². The Kier molecular flexibility index (Phi) is 3.97. The van der Waals surface area contributed by atoms with E-state index in [0.717, 1.165) is 26.2 Å². The SMILES string of the molecule is OC1(CNCC2CCCOC2)CCOC1. The smallest absolute Gasteiger partial charge is 0.102 e. The van der Waals surface area contributed by atoms with Crippen LogP contribution in [0.1, 0.15) is 19.3 Å². The summed E-state index contributed by atoms with van der Waals surface area (Å²) in [5, 5.41) is 13.3. The Labute approximate surface area is 90.9 Å². The summed E-state index contributed by atoms with van der Waals surface area (Å²) in [5.74, 6) is 0.615. The van der Waals surface area contributed by atoms with Crippen molar-refractivity contribution in [1.29, 1.82) is 0 Å². The van der Waals surface area contributed by atoms with Crippen LogP contribution in [0.15, 0.2) is 0 Å². The average molecular weight is 215 g/mol. The van der Waals surface area contributed by atoms with Gasteiger partial charge in [0, 0.05) is 32.7 Å². The van der Waals surface area contributed by atoms with Gasteiger partial charge in [0.25, 0.3) is 0 Å². The minimum absolute atomic E-state index is 0.473. The predicted molar refractivity (Wildman–Crippen MR) is 56.8 cm³/mol. The highest BCUT2D eigenvalue weighted by Crippen LogP contribution is 2.17. The molecule has 2 fully saturated rings. The second-order valence-electron chi connectivity index (χ2n) is 4.74. The van der Waals surface area contributed by atoms with E-state index in [1.807, 2.05) is 0 Å². The Morgan fingerprint density at radius 2 is 2.27 bits per heavy atom. The first-order valence-electron chi connectivity index (χ1n) is 5.87. The van der Waals surface area contributed by atoms with Crippen LogP contribution < -0.4 is 5.32 Å². The summed E-state index contributed by atoms with van der Waals surface area (Å²) in [6.45, 7) is 4.52. The standard InChI is InChI=1S/C11H21NO3/c13-11(3-5-15-9-11)8-12-6-10-2-1-4-14-7-10/h10,12-13H,1-9H2. The van der Waals surface area contributed by atoms with Crippen molar-refractivity contribution in [2.45, 2.75) is 24.9 Å². The quantitative estimate of drug-likeness (QED) is 0.701. The molecule has 0 aliphatic carbocycles. The lowest BCUT2D eigenvalue weighted by molar-refractivity contribution is 0.0208. The van der Waals surface area contributed by atoms with E-state index in [9.17, 15) is 5.11 Å². The molecule has 2 N–H and O–H groups in total. The van der Waals surface area contributed by atoms with Crippen LogP contribution in [0.5, 0.6) is 0 Å². The van der Waals surface area contributed by atoms with Gasteiger partial charge in [0.2, 0.25) is 0 Å². The van der Waals surface area contributed by atoms with Crippen molar-refractivity contribution in [2.75, 3.05) is 39.5 Å². The number of rotatable bonds is 4.